The van der Waals surface area contributed by atoms with Crippen LogP contribution >= 0.6 is 0 Å². The maximum Gasteiger partial charge on any atom is 0.266 e. The number of aryl methyl sites for hydroxylation is 1. The second-order valence-electron chi connectivity index (χ2n) is 7.51. The fraction of sp³-hybridized carbons (Fsp3) is 0.292. The average molecular weight is 439 g/mol. The van der Waals surface area contributed by atoms with Gasteiger partial charge in [0.05, 0.1) is 4.90 Å². The Morgan fingerprint density at radius 2 is 1.87 bits per heavy atom. The van der Waals surface area contributed by atoms with Gasteiger partial charge in [-0.1, -0.05) is 54.6 Å². The van der Waals surface area contributed by atoms with E-state index in [0.717, 1.165) is 15.4 Å². The van der Waals surface area contributed by atoms with Gasteiger partial charge in [-0.3, -0.25) is 9.59 Å². The molecule has 1 atom stereocenters. The predicted molar refractivity (Wildman–Crippen MR) is 118 cm³/mol. The highest BCUT2D eigenvalue weighted by Crippen LogP contribution is 2.28. The summed E-state index contributed by atoms with van der Waals surface area (Å²) in [4.78, 5) is 27.9. The predicted octanol–water partition coefficient (Wildman–Crippen LogP) is 3.29. The molecule has 0 aromatic heterocycles. The third kappa shape index (κ3) is 5.13. The molecule has 0 radical (unpaired) electrons. The van der Waals surface area contributed by atoms with Crippen LogP contribution in [-0.4, -0.2) is 42.5 Å². The van der Waals surface area contributed by atoms with Crippen LogP contribution in [0.3, 0.4) is 0 Å². The van der Waals surface area contributed by atoms with Gasteiger partial charge in [-0.15, -0.1) is 5.73 Å². The first kappa shape index (κ1) is 22.5. The van der Waals surface area contributed by atoms with Crippen LogP contribution < -0.4 is 0 Å². The molecule has 1 unspecified atom stereocenters. The molecular weight excluding hydrogens is 412 g/mol. The largest absolute Gasteiger partial charge is 0.337 e. The molecule has 0 saturated carbocycles. The lowest BCUT2D eigenvalue weighted by Crippen LogP contribution is -2.41. The van der Waals surface area contributed by atoms with E-state index < -0.39 is 21.8 Å². The van der Waals surface area contributed by atoms with E-state index in [4.69, 9.17) is 0 Å². The normalized spacial score (nSPS) is 16.1. The molecule has 2 amide bonds. The van der Waals surface area contributed by atoms with Gasteiger partial charge >= 0.3 is 0 Å². The molecule has 7 heteroatoms. The molecule has 0 aliphatic carbocycles. The number of sulfonamides is 1. The van der Waals surface area contributed by atoms with Crippen molar-refractivity contribution < 1.29 is 18.0 Å². The Kier molecular flexibility index (Phi) is 7.10. The number of nitrogens with zero attached hydrogens (tertiary/aromatic N) is 2. The van der Waals surface area contributed by atoms with E-state index in [-0.39, 0.29) is 23.8 Å². The van der Waals surface area contributed by atoms with Crippen LogP contribution in [-0.2, 0) is 26.2 Å². The molecule has 0 N–H and O–H groups in total. The van der Waals surface area contributed by atoms with E-state index in [1.165, 1.54) is 12.1 Å². The van der Waals surface area contributed by atoms with E-state index in [9.17, 15) is 18.0 Å². The van der Waals surface area contributed by atoms with Crippen LogP contribution in [0.4, 0.5) is 0 Å². The molecule has 2 aromatic carbocycles. The number of amides is 2. The molecule has 162 valence electrons. The van der Waals surface area contributed by atoms with Crippen LogP contribution in [0.2, 0.25) is 0 Å². The SMILES string of the molecule is C=C=CCCN(Cc1ccccc1)C(=O)C1CCN(S(=O)(=O)c2ccc(C)cc2)C1=O. The smallest absolute Gasteiger partial charge is 0.266 e. The van der Waals surface area contributed by atoms with E-state index in [2.05, 4.69) is 12.3 Å². The quantitative estimate of drug-likeness (QED) is 0.468. The number of carbonyl (C=O) groups excluding carboxylic acids is 2. The Labute approximate surface area is 183 Å². The minimum absolute atomic E-state index is 0.00279. The summed E-state index contributed by atoms with van der Waals surface area (Å²) in [5.41, 5.74) is 4.54. The first-order valence-electron chi connectivity index (χ1n) is 10.1. The third-order valence-electron chi connectivity index (χ3n) is 5.29. The lowest BCUT2D eigenvalue weighted by atomic mass is 10.1. The minimum Gasteiger partial charge on any atom is -0.337 e. The van der Waals surface area contributed by atoms with Crippen molar-refractivity contribution in [3.63, 3.8) is 0 Å². The summed E-state index contributed by atoms with van der Waals surface area (Å²) in [6.45, 7) is 6.13. The van der Waals surface area contributed by atoms with Gasteiger partial charge in [-0.2, -0.15) is 0 Å². The molecule has 0 spiro atoms. The minimum atomic E-state index is -3.99. The summed E-state index contributed by atoms with van der Waals surface area (Å²) in [6.07, 6.45) is 2.45. The monoisotopic (exact) mass is 438 g/mol. The number of hydrogen-bond donors (Lipinski definition) is 0. The zero-order chi connectivity index (χ0) is 22.4. The van der Waals surface area contributed by atoms with Gasteiger partial charge in [0.25, 0.3) is 10.0 Å². The summed E-state index contributed by atoms with van der Waals surface area (Å²) in [7, 11) is -3.99. The van der Waals surface area contributed by atoms with E-state index in [0.29, 0.717) is 19.5 Å². The number of rotatable bonds is 8. The number of benzene rings is 2. The first-order chi connectivity index (χ1) is 14.8. The van der Waals surface area contributed by atoms with Gasteiger partial charge in [0, 0.05) is 19.6 Å². The summed E-state index contributed by atoms with van der Waals surface area (Å²) >= 11 is 0. The Balaban J connectivity index is 1.79. The molecule has 3 rings (SSSR count). The van der Waals surface area contributed by atoms with Crippen molar-refractivity contribution in [2.24, 2.45) is 5.92 Å². The molecule has 31 heavy (non-hydrogen) atoms. The average Bonchev–Trinajstić information content (AvgIpc) is 3.16. The Morgan fingerprint density at radius 3 is 2.52 bits per heavy atom. The molecule has 6 nitrogen and oxygen atoms in total. The van der Waals surface area contributed by atoms with Crippen molar-refractivity contribution in [2.75, 3.05) is 13.1 Å². The van der Waals surface area contributed by atoms with E-state index in [1.54, 1.807) is 23.1 Å². The van der Waals surface area contributed by atoms with Gasteiger partial charge in [0.2, 0.25) is 11.8 Å². The van der Waals surface area contributed by atoms with Crippen molar-refractivity contribution in [2.45, 2.75) is 31.2 Å². The fourth-order valence-corrected chi connectivity index (χ4v) is 5.02. The van der Waals surface area contributed by atoms with Crippen LogP contribution in [0.5, 0.6) is 0 Å². The van der Waals surface area contributed by atoms with Gasteiger partial charge in [0.15, 0.2) is 0 Å². The highest BCUT2D eigenvalue weighted by atomic mass is 32.2. The Bertz CT molecular complexity index is 1090. The summed E-state index contributed by atoms with van der Waals surface area (Å²) in [6, 6.07) is 15.8. The van der Waals surface area contributed by atoms with E-state index >= 15 is 0 Å². The van der Waals surface area contributed by atoms with Crippen molar-refractivity contribution in [1.82, 2.24) is 9.21 Å². The van der Waals surface area contributed by atoms with Crippen molar-refractivity contribution in [3.8, 4) is 0 Å². The molecule has 1 saturated heterocycles. The lowest BCUT2D eigenvalue weighted by molar-refractivity contribution is -0.142. The zero-order valence-electron chi connectivity index (χ0n) is 17.5. The van der Waals surface area contributed by atoms with Gasteiger partial charge in [-0.25, -0.2) is 12.7 Å². The number of hydrogen-bond acceptors (Lipinski definition) is 4. The molecular formula is C24H26N2O4S. The van der Waals surface area contributed by atoms with Crippen LogP contribution in [0.15, 0.2) is 77.9 Å². The maximum atomic E-state index is 13.2. The molecule has 1 fully saturated rings. The van der Waals surface area contributed by atoms with E-state index in [1.807, 2.05) is 37.3 Å². The topological polar surface area (TPSA) is 74.8 Å². The summed E-state index contributed by atoms with van der Waals surface area (Å²) < 4.78 is 26.7. The Morgan fingerprint density at radius 1 is 1.19 bits per heavy atom. The highest BCUT2D eigenvalue weighted by Gasteiger charge is 2.44. The summed E-state index contributed by atoms with van der Waals surface area (Å²) in [5.74, 6) is -2.02. The van der Waals surface area contributed by atoms with Crippen molar-refractivity contribution >= 4 is 21.8 Å². The second kappa shape index (κ2) is 9.77. The van der Waals surface area contributed by atoms with Gasteiger partial charge in [0.1, 0.15) is 5.92 Å². The molecule has 0 bridgehead atoms. The Hall–Kier alpha value is -3.15. The lowest BCUT2D eigenvalue weighted by Gasteiger charge is -2.25. The zero-order valence-corrected chi connectivity index (χ0v) is 18.3. The van der Waals surface area contributed by atoms with Gasteiger partial charge < -0.3 is 4.90 Å². The molecule has 2 aromatic rings. The first-order valence-corrected chi connectivity index (χ1v) is 11.6. The number of carbonyl (C=O) groups is 2. The second-order valence-corrected chi connectivity index (χ2v) is 9.37. The van der Waals surface area contributed by atoms with Crippen LogP contribution in [0.1, 0.15) is 24.0 Å². The summed E-state index contributed by atoms with van der Waals surface area (Å²) in [5, 5.41) is 0. The standard InChI is InChI=1S/C24H26N2O4S/c1-3-4-8-16-25(18-20-9-6-5-7-10-20)23(27)22-15-17-26(24(22)28)31(29,30)21-13-11-19(2)12-14-21/h4-7,9-14,22H,1,8,15-18H2,2H3. The molecule has 1 aliphatic rings. The van der Waals surface area contributed by atoms with Crippen molar-refractivity contribution in [1.29, 1.82) is 0 Å². The third-order valence-corrected chi connectivity index (χ3v) is 7.10. The van der Waals surface area contributed by atoms with Crippen molar-refractivity contribution in [3.05, 3.63) is 84.1 Å². The highest BCUT2D eigenvalue weighted by molar-refractivity contribution is 7.89. The van der Waals surface area contributed by atoms with Gasteiger partial charge in [-0.05, 0) is 43.5 Å². The van der Waals surface area contributed by atoms with Crippen LogP contribution in [0, 0.1) is 12.8 Å². The molecule has 1 aliphatic heterocycles. The van der Waals surface area contributed by atoms with Crippen LogP contribution in [0.25, 0.3) is 0 Å². The maximum absolute atomic E-state index is 13.2. The molecule has 1 heterocycles. The fourth-order valence-electron chi connectivity index (χ4n) is 3.57.